The summed E-state index contributed by atoms with van der Waals surface area (Å²) in [4.78, 5) is 29.8. The molecule has 0 aliphatic rings. The molecule has 0 saturated carbocycles. The Labute approximate surface area is 266 Å². The maximum absolute atomic E-state index is 14.5. The minimum absolute atomic E-state index is 0.0526. The highest BCUT2D eigenvalue weighted by molar-refractivity contribution is 7.92. The van der Waals surface area contributed by atoms with Crippen molar-refractivity contribution in [2.45, 2.75) is 50.6 Å². The van der Waals surface area contributed by atoms with Gasteiger partial charge in [-0.2, -0.15) is 0 Å². The summed E-state index contributed by atoms with van der Waals surface area (Å²) in [6.45, 7) is 4.12. The molecule has 0 fully saturated rings. The molecular weight excluding hydrogens is 586 g/mol. The average Bonchev–Trinajstić information content (AvgIpc) is 3.07. The zero-order valence-corrected chi connectivity index (χ0v) is 26.9. The van der Waals surface area contributed by atoms with Crippen molar-refractivity contribution in [1.29, 1.82) is 0 Å². The summed E-state index contributed by atoms with van der Waals surface area (Å²) in [6, 6.07) is 30.9. The lowest BCUT2D eigenvalue weighted by Crippen LogP contribution is -2.53. The molecule has 4 rings (SSSR count). The SMILES string of the molecule is CCCCNC(=O)[C@H](Cc1ccccc1)N(Cc1ccc(C)cc1)C(=O)CN(c1ccc(OC)cc1)S(=O)(=O)c1ccccc1. The van der Waals surface area contributed by atoms with E-state index < -0.39 is 28.5 Å². The second-order valence-corrected chi connectivity index (χ2v) is 12.7. The van der Waals surface area contributed by atoms with Gasteiger partial charge in [-0.1, -0.05) is 91.7 Å². The van der Waals surface area contributed by atoms with E-state index in [4.69, 9.17) is 4.74 Å². The molecule has 0 aromatic heterocycles. The lowest BCUT2D eigenvalue weighted by molar-refractivity contribution is -0.140. The highest BCUT2D eigenvalue weighted by Crippen LogP contribution is 2.27. The van der Waals surface area contributed by atoms with Crippen LogP contribution < -0.4 is 14.4 Å². The van der Waals surface area contributed by atoms with Crippen molar-refractivity contribution in [3.05, 3.63) is 126 Å². The molecule has 0 heterocycles. The Kier molecular flexibility index (Phi) is 11.8. The van der Waals surface area contributed by atoms with Crippen LogP contribution in [0.4, 0.5) is 5.69 Å². The number of benzene rings is 4. The molecule has 8 nitrogen and oxygen atoms in total. The predicted octanol–water partition coefficient (Wildman–Crippen LogP) is 5.76. The monoisotopic (exact) mass is 627 g/mol. The Balaban J connectivity index is 1.77. The number of amides is 2. The van der Waals surface area contributed by atoms with Gasteiger partial charge in [0.15, 0.2) is 0 Å². The van der Waals surface area contributed by atoms with Crippen molar-refractivity contribution < 1.29 is 22.7 Å². The van der Waals surface area contributed by atoms with E-state index >= 15 is 0 Å². The third-order valence-electron chi connectivity index (χ3n) is 7.54. The maximum Gasteiger partial charge on any atom is 0.264 e. The van der Waals surface area contributed by atoms with Crippen LogP contribution in [0.15, 0.2) is 114 Å². The molecule has 0 spiro atoms. The van der Waals surface area contributed by atoms with Gasteiger partial charge in [0, 0.05) is 19.5 Å². The van der Waals surface area contributed by atoms with Gasteiger partial charge < -0.3 is 15.0 Å². The number of carbonyl (C=O) groups excluding carboxylic acids is 2. The summed E-state index contributed by atoms with van der Waals surface area (Å²) in [7, 11) is -2.63. The number of hydrogen-bond acceptors (Lipinski definition) is 5. The average molecular weight is 628 g/mol. The number of ether oxygens (including phenoxy) is 1. The van der Waals surface area contributed by atoms with Gasteiger partial charge in [0.1, 0.15) is 18.3 Å². The van der Waals surface area contributed by atoms with Gasteiger partial charge in [-0.05, 0) is 60.9 Å². The van der Waals surface area contributed by atoms with Crippen molar-refractivity contribution in [3.8, 4) is 5.75 Å². The fraction of sp³-hybridized carbons (Fsp3) is 0.278. The molecular formula is C36H41N3O5S. The van der Waals surface area contributed by atoms with Crippen molar-refractivity contribution in [1.82, 2.24) is 10.2 Å². The van der Waals surface area contributed by atoms with Crippen LogP contribution in [0.1, 0.15) is 36.5 Å². The van der Waals surface area contributed by atoms with E-state index in [1.54, 1.807) is 42.5 Å². The summed E-state index contributed by atoms with van der Waals surface area (Å²) in [5, 5.41) is 3.01. The molecule has 0 saturated heterocycles. The third-order valence-corrected chi connectivity index (χ3v) is 9.33. The zero-order chi connectivity index (χ0) is 32.2. The van der Waals surface area contributed by atoms with E-state index in [0.717, 1.165) is 33.8 Å². The summed E-state index contributed by atoms with van der Waals surface area (Å²) in [5.74, 6) is -0.234. The molecule has 236 valence electrons. The van der Waals surface area contributed by atoms with Gasteiger partial charge in [-0.3, -0.25) is 13.9 Å². The molecule has 0 aliphatic heterocycles. The second-order valence-electron chi connectivity index (χ2n) is 10.9. The summed E-state index contributed by atoms with van der Waals surface area (Å²) < 4.78 is 34.5. The van der Waals surface area contributed by atoms with Crippen LogP contribution in [-0.2, 0) is 32.6 Å². The molecule has 1 atom stereocenters. The Morgan fingerprint density at radius 2 is 1.44 bits per heavy atom. The normalized spacial score (nSPS) is 11.8. The first kappa shape index (κ1) is 33.3. The lowest BCUT2D eigenvalue weighted by atomic mass is 10.0. The Morgan fingerprint density at radius 1 is 0.822 bits per heavy atom. The van der Waals surface area contributed by atoms with Crippen LogP contribution in [0.5, 0.6) is 5.75 Å². The van der Waals surface area contributed by atoms with Crippen molar-refractivity contribution in [2.75, 3.05) is 24.5 Å². The molecule has 4 aromatic carbocycles. The smallest absolute Gasteiger partial charge is 0.264 e. The van der Waals surface area contributed by atoms with Gasteiger partial charge in [0.25, 0.3) is 10.0 Å². The summed E-state index contributed by atoms with van der Waals surface area (Å²) >= 11 is 0. The number of nitrogens with zero attached hydrogens (tertiary/aromatic N) is 2. The van der Waals surface area contributed by atoms with E-state index in [-0.39, 0.29) is 23.8 Å². The molecule has 0 bridgehead atoms. The fourth-order valence-corrected chi connectivity index (χ4v) is 6.38. The van der Waals surface area contributed by atoms with Gasteiger partial charge in [0.2, 0.25) is 11.8 Å². The number of anilines is 1. The largest absolute Gasteiger partial charge is 0.497 e. The van der Waals surface area contributed by atoms with Crippen molar-refractivity contribution in [2.24, 2.45) is 0 Å². The van der Waals surface area contributed by atoms with Gasteiger partial charge in [-0.25, -0.2) is 8.42 Å². The first-order chi connectivity index (χ1) is 21.7. The highest BCUT2D eigenvalue weighted by Gasteiger charge is 2.34. The standard InChI is InChI=1S/C36H41N3O5S/c1-4-5-24-37-36(41)34(25-29-12-8-6-9-13-29)38(26-30-18-16-28(2)17-19-30)35(40)27-39(31-20-22-32(44-3)23-21-31)45(42,43)33-14-10-7-11-15-33/h6-23,34H,4-5,24-27H2,1-3H3,(H,37,41)/t34-/m0/s1. The van der Waals surface area contributed by atoms with E-state index in [9.17, 15) is 18.0 Å². The highest BCUT2D eigenvalue weighted by atomic mass is 32.2. The fourth-order valence-electron chi connectivity index (χ4n) is 4.95. The first-order valence-corrected chi connectivity index (χ1v) is 16.6. The number of methoxy groups -OCH3 is 1. The molecule has 9 heteroatoms. The number of unbranched alkanes of at least 4 members (excludes halogenated alkanes) is 1. The minimum Gasteiger partial charge on any atom is -0.497 e. The Bertz CT molecular complexity index is 1630. The molecule has 0 aliphatic carbocycles. The number of sulfonamides is 1. The molecule has 2 amide bonds. The van der Waals surface area contributed by atoms with E-state index in [1.165, 1.54) is 24.1 Å². The van der Waals surface area contributed by atoms with Gasteiger partial charge in [-0.15, -0.1) is 0 Å². The van der Waals surface area contributed by atoms with E-state index in [1.807, 2.05) is 68.4 Å². The number of rotatable bonds is 15. The lowest BCUT2D eigenvalue weighted by Gasteiger charge is -2.34. The van der Waals surface area contributed by atoms with Crippen LogP contribution >= 0.6 is 0 Å². The molecule has 1 N–H and O–H groups in total. The number of hydrogen-bond donors (Lipinski definition) is 1. The van der Waals surface area contributed by atoms with Gasteiger partial charge >= 0.3 is 0 Å². The van der Waals surface area contributed by atoms with E-state index in [2.05, 4.69) is 5.32 Å². The summed E-state index contributed by atoms with van der Waals surface area (Å²) in [5.41, 5.74) is 3.08. The van der Waals surface area contributed by atoms with Crippen LogP contribution in [-0.4, -0.2) is 51.4 Å². The van der Waals surface area contributed by atoms with Crippen LogP contribution in [0, 0.1) is 6.92 Å². The summed E-state index contributed by atoms with van der Waals surface area (Å²) in [6.07, 6.45) is 1.98. The first-order valence-electron chi connectivity index (χ1n) is 15.1. The van der Waals surface area contributed by atoms with Crippen LogP contribution in [0.25, 0.3) is 0 Å². The van der Waals surface area contributed by atoms with E-state index in [0.29, 0.717) is 18.0 Å². The van der Waals surface area contributed by atoms with Crippen molar-refractivity contribution >= 4 is 27.5 Å². The number of carbonyl (C=O) groups is 2. The molecule has 0 radical (unpaired) electrons. The Hall–Kier alpha value is -4.63. The zero-order valence-electron chi connectivity index (χ0n) is 26.1. The minimum atomic E-state index is -4.16. The molecule has 0 unspecified atom stereocenters. The number of nitrogens with one attached hydrogen (secondary N) is 1. The number of aryl methyl sites for hydroxylation is 1. The second kappa shape index (κ2) is 15.9. The molecule has 45 heavy (non-hydrogen) atoms. The quantitative estimate of drug-likeness (QED) is 0.169. The van der Waals surface area contributed by atoms with Crippen LogP contribution in [0.3, 0.4) is 0 Å². The topological polar surface area (TPSA) is 96.0 Å². The maximum atomic E-state index is 14.5. The predicted molar refractivity (Wildman–Crippen MR) is 178 cm³/mol. The van der Waals surface area contributed by atoms with Gasteiger partial charge in [0.05, 0.1) is 17.7 Å². The Morgan fingerprint density at radius 3 is 2.04 bits per heavy atom. The van der Waals surface area contributed by atoms with Crippen molar-refractivity contribution in [3.63, 3.8) is 0 Å². The third kappa shape index (κ3) is 8.95. The molecule has 4 aromatic rings. The van der Waals surface area contributed by atoms with Crippen LogP contribution in [0.2, 0.25) is 0 Å².